The molecule has 1 N–H and O–H groups in total. The van der Waals surface area contributed by atoms with Crippen LogP contribution in [0.3, 0.4) is 0 Å². The van der Waals surface area contributed by atoms with Crippen molar-refractivity contribution in [3.8, 4) is 0 Å². The van der Waals surface area contributed by atoms with Gasteiger partial charge >= 0.3 is 0 Å². The van der Waals surface area contributed by atoms with Gasteiger partial charge in [-0.25, -0.2) is 4.39 Å². The fourth-order valence-corrected chi connectivity index (χ4v) is 3.01. The van der Waals surface area contributed by atoms with Crippen LogP contribution < -0.4 is 5.32 Å². The van der Waals surface area contributed by atoms with Gasteiger partial charge < -0.3 is 9.73 Å². The molecular weight excluding hydrogens is 329 g/mol. The topological polar surface area (TPSA) is 42.2 Å². The molecule has 0 spiro atoms. The van der Waals surface area contributed by atoms with Gasteiger partial charge in [-0.1, -0.05) is 50.5 Å². The molecule has 0 aliphatic carbocycles. The van der Waals surface area contributed by atoms with Crippen molar-refractivity contribution >= 4 is 22.4 Å². The number of fused-ring (bicyclic) bond motifs is 1. The van der Waals surface area contributed by atoms with E-state index in [4.69, 9.17) is 4.42 Å². The van der Waals surface area contributed by atoms with Crippen LogP contribution in [0.1, 0.15) is 54.3 Å². The molecule has 3 aromatic rings. The molecular formula is C22H24FNO2. The van der Waals surface area contributed by atoms with Crippen LogP contribution in [0, 0.1) is 12.7 Å². The molecule has 0 aliphatic heterocycles. The van der Waals surface area contributed by atoms with E-state index in [1.807, 2.05) is 24.3 Å². The first-order chi connectivity index (χ1) is 12.6. The van der Waals surface area contributed by atoms with E-state index >= 15 is 0 Å². The molecule has 26 heavy (non-hydrogen) atoms. The van der Waals surface area contributed by atoms with Crippen LogP contribution in [0.5, 0.6) is 0 Å². The van der Waals surface area contributed by atoms with Crippen LogP contribution in [0.2, 0.25) is 0 Å². The van der Waals surface area contributed by atoms with Gasteiger partial charge in [-0.05, 0) is 37.1 Å². The van der Waals surface area contributed by atoms with E-state index < -0.39 is 0 Å². The minimum Gasteiger partial charge on any atom is -0.450 e. The van der Waals surface area contributed by atoms with E-state index in [9.17, 15) is 9.18 Å². The lowest BCUT2D eigenvalue weighted by Crippen LogP contribution is -2.08. The Kier molecular flexibility index (Phi) is 5.71. The Labute approximate surface area is 153 Å². The monoisotopic (exact) mass is 353 g/mol. The van der Waals surface area contributed by atoms with Gasteiger partial charge in [0.1, 0.15) is 11.4 Å². The maximum atomic E-state index is 13.9. The van der Waals surface area contributed by atoms with Gasteiger partial charge in [0.2, 0.25) is 5.78 Å². The third-order valence-corrected chi connectivity index (χ3v) is 4.57. The zero-order chi connectivity index (χ0) is 18.5. The third-order valence-electron chi connectivity index (χ3n) is 4.57. The van der Waals surface area contributed by atoms with Crippen molar-refractivity contribution in [1.82, 2.24) is 0 Å². The molecule has 2 aromatic carbocycles. The van der Waals surface area contributed by atoms with Crippen molar-refractivity contribution in [1.29, 1.82) is 0 Å². The molecule has 3 nitrogen and oxygen atoms in total. The predicted octanol–water partition coefficient (Wildman–Crippen LogP) is 6.10. The molecule has 0 fully saturated rings. The number of nitrogens with one attached hydrogen (secondary N) is 1. The third kappa shape index (κ3) is 3.79. The van der Waals surface area contributed by atoms with E-state index in [1.54, 1.807) is 19.1 Å². The highest BCUT2D eigenvalue weighted by atomic mass is 19.1. The largest absolute Gasteiger partial charge is 0.450 e. The number of halogens is 1. The summed E-state index contributed by atoms with van der Waals surface area (Å²) < 4.78 is 19.7. The molecule has 0 saturated carbocycles. The molecule has 0 unspecified atom stereocenters. The van der Waals surface area contributed by atoms with E-state index in [0.717, 1.165) is 24.8 Å². The minimum atomic E-state index is -0.388. The Morgan fingerprint density at radius 1 is 1.12 bits per heavy atom. The molecule has 0 amide bonds. The Morgan fingerprint density at radius 3 is 2.69 bits per heavy atom. The molecule has 1 aromatic heterocycles. The summed E-state index contributed by atoms with van der Waals surface area (Å²) in [6.07, 6.45) is 4.55. The number of carbonyl (C=O) groups is 1. The fourth-order valence-electron chi connectivity index (χ4n) is 3.01. The highest BCUT2D eigenvalue weighted by molar-refractivity contribution is 6.14. The number of furan rings is 1. The molecule has 0 atom stereocenters. The average molecular weight is 353 g/mol. The van der Waals surface area contributed by atoms with Crippen molar-refractivity contribution in [3.05, 3.63) is 65.2 Å². The summed E-state index contributed by atoms with van der Waals surface area (Å²) in [6.45, 7) is 4.62. The van der Waals surface area contributed by atoms with Crippen LogP contribution in [0.25, 0.3) is 11.0 Å². The summed E-state index contributed by atoms with van der Waals surface area (Å²) in [4.78, 5) is 12.9. The number of benzene rings is 2. The number of ketones is 1. The van der Waals surface area contributed by atoms with E-state index in [1.165, 1.54) is 18.9 Å². The number of aryl methyl sites for hydroxylation is 1. The zero-order valence-corrected chi connectivity index (χ0v) is 15.3. The van der Waals surface area contributed by atoms with Crippen LogP contribution in [-0.4, -0.2) is 12.3 Å². The predicted molar refractivity (Wildman–Crippen MR) is 103 cm³/mol. The van der Waals surface area contributed by atoms with Gasteiger partial charge in [0.25, 0.3) is 0 Å². The Morgan fingerprint density at radius 2 is 1.92 bits per heavy atom. The first-order valence-corrected chi connectivity index (χ1v) is 9.18. The molecule has 4 heteroatoms. The van der Waals surface area contributed by atoms with E-state index in [2.05, 4.69) is 12.2 Å². The molecule has 0 aliphatic rings. The fraction of sp³-hybridized carbons (Fsp3) is 0.318. The summed E-state index contributed by atoms with van der Waals surface area (Å²) in [5.74, 6) is -0.456. The van der Waals surface area contributed by atoms with Gasteiger partial charge in [0, 0.05) is 17.5 Å². The van der Waals surface area contributed by atoms with E-state index in [-0.39, 0.29) is 17.4 Å². The number of hydrogen-bond acceptors (Lipinski definition) is 3. The smallest absolute Gasteiger partial charge is 0.230 e. The molecule has 136 valence electrons. The second kappa shape index (κ2) is 8.17. The summed E-state index contributed by atoms with van der Waals surface area (Å²) in [6, 6.07) is 12.1. The number of para-hydroxylation sites is 1. The van der Waals surface area contributed by atoms with Crippen LogP contribution >= 0.6 is 0 Å². The van der Waals surface area contributed by atoms with Gasteiger partial charge in [-0.3, -0.25) is 4.79 Å². The number of carbonyl (C=O) groups excluding carboxylic acids is 1. The molecule has 0 radical (unpaired) electrons. The Bertz CT molecular complexity index is 914. The highest BCUT2D eigenvalue weighted by Crippen LogP contribution is 2.32. The van der Waals surface area contributed by atoms with Crippen LogP contribution in [0.15, 0.2) is 46.9 Å². The first kappa shape index (κ1) is 18.2. The molecule has 3 rings (SSSR count). The van der Waals surface area contributed by atoms with Crippen molar-refractivity contribution in [3.63, 3.8) is 0 Å². The number of unbranched alkanes of at least 4 members (excludes halogenated alkanes) is 3. The second-order valence-corrected chi connectivity index (χ2v) is 6.58. The average Bonchev–Trinajstić information content (AvgIpc) is 3.02. The maximum absolute atomic E-state index is 13.9. The number of hydrogen-bond donors (Lipinski definition) is 1. The van der Waals surface area contributed by atoms with Gasteiger partial charge in [0.05, 0.1) is 5.69 Å². The maximum Gasteiger partial charge on any atom is 0.230 e. The van der Waals surface area contributed by atoms with Gasteiger partial charge in [-0.15, -0.1) is 0 Å². The summed E-state index contributed by atoms with van der Waals surface area (Å²) in [5, 5.41) is 4.24. The summed E-state index contributed by atoms with van der Waals surface area (Å²) in [5.41, 5.74) is 2.16. The molecule has 0 saturated heterocycles. The molecule has 1 heterocycles. The Hall–Kier alpha value is -2.62. The lowest BCUT2D eigenvalue weighted by atomic mass is 10.0. The quantitative estimate of drug-likeness (QED) is 0.393. The van der Waals surface area contributed by atoms with Gasteiger partial charge in [-0.2, -0.15) is 0 Å². The van der Waals surface area contributed by atoms with Crippen molar-refractivity contribution < 1.29 is 13.6 Å². The summed E-state index contributed by atoms with van der Waals surface area (Å²) >= 11 is 0. The van der Waals surface area contributed by atoms with Crippen molar-refractivity contribution in [2.75, 3.05) is 11.9 Å². The summed E-state index contributed by atoms with van der Waals surface area (Å²) in [7, 11) is 0. The highest BCUT2D eigenvalue weighted by Gasteiger charge is 2.22. The van der Waals surface area contributed by atoms with E-state index in [0.29, 0.717) is 22.4 Å². The SMILES string of the molecule is CCCCCCNc1c(C(=O)c2ccc(C)c(F)c2)oc2ccccc12. The lowest BCUT2D eigenvalue weighted by Gasteiger charge is -2.07. The van der Waals surface area contributed by atoms with Crippen molar-refractivity contribution in [2.24, 2.45) is 0 Å². The second-order valence-electron chi connectivity index (χ2n) is 6.58. The Balaban J connectivity index is 1.92. The first-order valence-electron chi connectivity index (χ1n) is 9.18. The zero-order valence-electron chi connectivity index (χ0n) is 15.3. The van der Waals surface area contributed by atoms with Crippen LogP contribution in [0.4, 0.5) is 10.1 Å². The number of anilines is 1. The standard InChI is InChI=1S/C22H24FNO2/c1-3-4-5-8-13-24-20-17-9-6-7-10-19(17)26-22(20)21(25)16-12-11-15(2)18(23)14-16/h6-7,9-12,14,24H,3-5,8,13H2,1-2H3. The van der Waals surface area contributed by atoms with Gasteiger partial charge in [0.15, 0.2) is 5.76 Å². The number of rotatable bonds is 8. The van der Waals surface area contributed by atoms with Crippen LogP contribution in [-0.2, 0) is 0 Å². The lowest BCUT2D eigenvalue weighted by molar-refractivity contribution is 0.101. The molecule has 0 bridgehead atoms. The normalized spacial score (nSPS) is 11.0. The minimum absolute atomic E-state index is 0.241. The van der Waals surface area contributed by atoms with Crippen molar-refractivity contribution in [2.45, 2.75) is 39.5 Å².